The van der Waals surface area contributed by atoms with Gasteiger partial charge in [0.05, 0.1) is 13.1 Å². The maximum Gasteiger partial charge on any atom is 0.228 e. The summed E-state index contributed by atoms with van der Waals surface area (Å²) >= 11 is 0. The third kappa shape index (κ3) is 4.38. The summed E-state index contributed by atoms with van der Waals surface area (Å²) in [5.41, 5.74) is 0. The second-order valence-electron chi connectivity index (χ2n) is 6.06. The molecule has 4 rings (SSSR count). The average molecular weight is 382 g/mol. The molecule has 144 valence electrons. The number of nitrogens with zero attached hydrogens (tertiary/aromatic N) is 4. The lowest BCUT2D eigenvalue weighted by atomic mass is 10.3. The Balaban J connectivity index is 1.51. The van der Waals surface area contributed by atoms with Crippen molar-refractivity contribution < 1.29 is 24.4 Å². The van der Waals surface area contributed by atoms with E-state index in [-0.39, 0.29) is 11.5 Å². The maximum absolute atomic E-state index is 9.42. The van der Waals surface area contributed by atoms with Gasteiger partial charge in [-0.2, -0.15) is 0 Å². The standard InChI is InChI=1S/C19H18N4O5/c24-13-1-5-15(6-2-13)26-17-9-23(19-21-11-20-12-22-19)10-18(28-17)27-16-7-3-14(25)4-8-16/h1-8,11-12,17-18,24-25H,9-10H2. The number of rotatable bonds is 5. The topological polar surface area (TPSA) is 110 Å². The highest BCUT2D eigenvalue weighted by Crippen LogP contribution is 2.24. The number of hydrogen-bond donors (Lipinski definition) is 2. The van der Waals surface area contributed by atoms with Crippen molar-refractivity contribution in [3.05, 3.63) is 61.2 Å². The van der Waals surface area contributed by atoms with Crippen molar-refractivity contribution in [3.8, 4) is 23.0 Å². The Morgan fingerprint density at radius 2 is 1.25 bits per heavy atom. The SMILES string of the molecule is Oc1ccc(OC2CN(c3ncncn3)CC(Oc3ccc(O)cc3)O2)cc1. The summed E-state index contributed by atoms with van der Waals surface area (Å²) in [6.45, 7) is 0.751. The predicted octanol–water partition coefficient (Wildman–Crippen LogP) is 1.93. The van der Waals surface area contributed by atoms with Crippen LogP contribution in [-0.2, 0) is 4.74 Å². The summed E-state index contributed by atoms with van der Waals surface area (Å²) in [6.07, 6.45) is 1.53. The number of aromatic hydroxyl groups is 2. The summed E-state index contributed by atoms with van der Waals surface area (Å²) in [7, 11) is 0. The molecule has 3 aromatic rings. The second kappa shape index (κ2) is 7.97. The first-order chi connectivity index (χ1) is 13.7. The zero-order chi connectivity index (χ0) is 19.3. The molecule has 28 heavy (non-hydrogen) atoms. The van der Waals surface area contributed by atoms with Gasteiger partial charge in [-0.1, -0.05) is 0 Å². The first kappa shape index (κ1) is 17.8. The van der Waals surface area contributed by atoms with Crippen LogP contribution in [0.5, 0.6) is 23.0 Å². The Labute approximate surface area is 160 Å². The number of benzene rings is 2. The van der Waals surface area contributed by atoms with E-state index in [1.165, 1.54) is 36.9 Å². The monoisotopic (exact) mass is 382 g/mol. The normalized spacial score (nSPS) is 19.2. The lowest BCUT2D eigenvalue weighted by Crippen LogP contribution is -2.52. The molecule has 1 aromatic heterocycles. The van der Waals surface area contributed by atoms with Crippen molar-refractivity contribution >= 4 is 5.95 Å². The predicted molar refractivity (Wildman–Crippen MR) is 98.2 cm³/mol. The van der Waals surface area contributed by atoms with Crippen LogP contribution < -0.4 is 14.4 Å². The van der Waals surface area contributed by atoms with Crippen LogP contribution in [0.25, 0.3) is 0 Å². The highest BCUT2D eigenvalue weighted by molar-refractivity contribution is 5.33. The quantitative estimate of drug-likeness (QED) is 0.684. The van der Waals surface area contributed by atoms with Gasteiger partial charge in [0.2, 0.25) is 18.5 Å². The number of phenols is 2. The zero-order valence-corrected chi connectivity index (χ0v) is 14.8. The van der Waals surface area contributed by atoms with Crippen LogP contribution in [0.2, 0.25) is 0 Å². The second-order valence-corrected chi connectivity index (χ2v) is 6.06. The van der Waals surface area contributed by atoms with Crippen LogP contribution >= 0.6 is 0 Å². The number of ether oxygens (including phenoxy) is 3. The summed E-state index contributed by atoms with van der Waals surface area (Å²) in [6, 6.07) is 12.7. The van der Waals surface area contributed by atoms with Gasteiger partial charge in [0.1, 0.15) is 35.7 Å². The van der Waals surface area contributed by atoms with E-state index in [4.69, 9.17) is 14.2 Å². The fourth-order valence-corrected chi connectivity index (χ4v) is 2.73. The smallest absolute Gasteiger partial charge is 0.228 e. The van der Waals surface area contributed by atoms with Crippen LogP contribution in [0, 0.1) is 0 Å². The number of morpholine rings is 1. The van der Waals surface area contributed by atoms with Crippen molar-refractivity contribution in [2.24, 2.45) is 0 Å². The molecule has 0 amide bonds. The van der Waals surface area contributed by atoms with Crippen molar-refractivity contribution in [1.82, 2.24) is 15.0 Å². The Morgan fingerprint density at radius 1 is 0.786 bits per heavy atom. The van der Waals surface area contributed by atoms with Gasteiger partial charge < -0.3 is 24.6 Å². The van der Waals surface area contributed by atoms with Gasteiger partial charge in [0.25, 0.3) is 0 Å². The summed E-state index contributed by atoms with van der Waals surface area (Å²) in [4.78, 5) is 14.1. The van der Waals surface area contributed by atoms with Gasteiger partial charge in [-0.05, 0) is 48.5 Å². The molecule has 0 saturated carbocycles. The molecule has 2 aromatic carbocycles. The van der Waals surface area contributed by atoms with E-state index in [2.05, 4.69) is 15.0 Å². The van der Waals surface area contributed by atoms with Gasteiger partial charge in [-0.3, -0.25) is 4.74 Å². The fourth-order valence-electron chi connectivity index (χ4n) is 2.73. The van der Waals surface area contributed by atoms with E-state index < -0.39 is 12.6 Å². The minimum Gasteiger partial charge on any atom is -0.508 e. The van der Waals surface area contributed by atoms with Crippen LogP contribution in [-0.4, -0.2) is 50.8 Å². The van der Waals surface area contributed by atoms with Crippen molar-refractivity contribution in [2.45, 2.75) is 12.6 Å². The highest BCUT2D eigenvalue weighted by atomic mass is 16.8. The fraction of sp³-hybridized carbons (Fsp3) is 0.211. The van der Waals surface area contributed by atoms with Crippen LogP contribution in [0.15, 0.2) is 61.2 Å². The first-order valence-electron chi connectivity index (χ1n) is 8.59. The zero-order valence-electron chi connectivity index (χ0n) is 14.8. The van der Waals surface area contributed by atoms with Gasteiger partial charge in [-0.15, -0.1) is 0 Å². The van der Waals surface area contributed by atoms with E-state index >= 15 is 0 Å². The third-order valence-electron chi connectivity index (χ3n) is 4.01. The first-order valence-corrected chi connectivity index (χ1v) is 8.59. The molecule has 1 aliphatic rings. The van der Waals surface area contributed by atoms with Crippen LogP contribution in [0.3, 0.4) is 0 Å². The Kier molecular flexibility index (Phi) is 5.07. The molecule has 1 fully saturated rings. The van der Waals surface area contributed by atoms with Crippen molar-refractivity contribution in [2.75, 3.05) is 18.0 Å². The van der Waals surface area contributed by atoms with E-state index in [1.54, 1.807) is 24.3 Å². The van der Waals surface area contributed by atoms with Crippen LogP contribution in [0.4, 0.5) is 5.95 Å². The Bertz CT molecular complexity index is 837. The Morgan fingerprint density at radius 3 is 1.71 bits per heavy atom. The molecule has 1 saturated heterocycles. The number of hydrogen-bond acceptors (Lipinski definition) is 9. The molecule has 0 aliphatic carbocycles. The number of phenolic OH excluding ortho intramolecular Hbond substituents is 2. The van der Waals surface area contributed by atoms with Gasteiger partial charge in [0.15, 0.2) is 0 Å². The largest absolute Gasteiger partial charge is 0.508 e. The van der Waals surface area contributed by atoms with E-state index in [1.807, 2.05) is 4.90 Å². The van der Waals surface area contributed by atoms with Crippen molar-refractivity contribution in [3.63, 3.8) is 0 Å². The number of anilines is 1. The van der Waals surface area contributed by atoms with Gasteiger partial charge in [0, 0.05) is 0 Å². The van der Waals surface area contributed by atoms with Crippen molar-refractivity contribution in [1.29, 1.82) is 0 Å². The summed E-state index contributed by atoms with van der Waals surface area (Å²) in [5.74, 6) is 1.87. The minimum atomic E-state index is -0.655. The van der Waals surface area contributed by atoms with Gasteiger partial charge in [-0.25, -0.2) is 15.0 Å². The molecular weight excluding hydrogens is 364 g/mol. The van der Waals surface area contributed by atoms with E-state index in [0.717, 1.165) is 0 Å². The van der Waals surface area contributed by atoms with Crippen LogP contribution in [0.1, 0.15) is 0 Å². The van der Waals surface area contributed by atoms with Gasteiger partial charge >= 0.3 is 0 Å². The summed E-state index contributed by atoms with van der Waals surface area (Å²) < 4.78 is 17.7. The molecule has 0 spiro atoms. The molecular formula is C19H18N4O5. The van der Waals surface area contributed by atoms with E-state index in [9.17, 15) is 10.2 Å². The highest BCUT2D eigenvalue weighted by Gasteiger charge is 2.32. The molecule has 9 nitrogen and oxygen atoms in total. The third-order valence-corrected chi connectivity index (χ3v) is 4.01. The molecule has 9 heteroatoms. The molecule has 2 unspecified atom stereocenters. The summed E-state index contributed by atoms with van der Waals surface area (Å²) in [5, 5.41) is 18.8. The number of aromatic nitrogens is 3. The average Bonchev–Trinajstić information content (AvgIpc) is 2.72. The molecule has 2 N–H and O–H groups in total. The molecule has 0 bridgehead atoms. The Hall–Kier alpha value is -3.59. The van der Waals surface area contributed by atoms with E-state index in [0.29, 0.717) is 30.5 Å². The lowest BCUT2D eigenvalue weighted by Gasteiger charge is -2.37. The maximum atomic E-state index is 9.42. The molecule has 2 atom stereocenters. The molecule has 0 radical (unpaired) electrons. The minimum absolute atomic E-state index is 0.150. The molecule has 2 heterocycles. The molecule has 1 aliphatic heterocycles. The lowest BCUT2D eigenvalue weighted by molar-refractivity contribution is -0.192.